The van der Waals surface area contributed by atoms with Crippen molar-refractivity contribution in [3.63, 3.8) is 0 Å². The molecule has 8 nitrogen and oxygen atoms in total. The Labute approximate surface area is 144 Å². The first-order valence-electron chi connectivity index (χ1n) is 8.16. The van der Waals surface area contributed by atoms with E-state index in [0.29, 0.717) is 11.8 Å². The zero-order valence-electron chi connectivity index (χ0n) is 13.9. The fourth-order valence-electron chi connectivity index (χ4n) is 2.99. The first-order chi connectivity index (χ1) is 12.3. The van der Waals surface area contributed by atoms with Crippen molar-refractivity contribution >= 4 is 16.7 Å². The van der Waals surface area contributed by atoms with Crippen LogP contribution in [0.2, 0.25) is 0 Å². The van der Waals surface area contributed by atoms with Crippen molar-refractivity contribution in [3.05, 3.63) is 37.2 Å². The maximum absolute atomic E-state index is 5.94. The zero-order chi connectivity index (χ0) is 17.1. The number of aromatic nitrogens is 5. The van der Waals surface area contributed by atoms with Crippen LogP contribution < -0.4 is 14.4 Å². The van der Waals surface area contributed by atoms with Crippen LogP contribution in [0.1, 0.15) is 12.8 Å². The van der Waals surface area contributed by atoms with Crippen LogP contribution in [0.4, 0.5) is 5.82 Å². The fraction of sp³-hybridized carbons (Fsp3) is 0.353. The van der Waals surface area contributed by atoms with Gasteiger partial charge < -0.3 is 14.4 Å². The van der Waals surface area contributed by atoms with Crippen LogP contribution in [-0.4, -0.2) is 51.2 Å². The summed E-state index contributed by atoms with van der Waals surface area (Å²) in [6.45, 7) is 1.65. The Kier molecular flexibility index (Phi) is 4.24. The predicted octanol–water partition coefficient (Wildman–Crippen LogP) is 1.87. The summed E-state index contributed by atoms with van der Waals surface area (Å²) >= 11 is 0. The van der Waals surface area contributed by atoms with Gasteiger partial charge in [0.15, 0.2) is 5.75 Å². The number of piperidine rings is 1. The van der Waals surface area contributed by atoms with E-state index in [2.05, 4.69) is 29.8 Å². The number of rotatable bonds is 4. The minimum atomic E-state index is 0.00833. The average molecular weight is 338 g/mol. The van der Waals surface area contributed by atoms with Crippen molar-refractivity contribution in [1.82, 2.24) is 24.9 Å². The highest BCUT2D eigenvalue weighted by Crippen LogP contribution is 2.26. The molecule has 0 radical (unpaired) electrons. The zero-order valence-corrected chi connectivity index (χ0v) is 13.9. The highest BCUT2D eigenvalue weighted by Gasteiger charge is 2.24. The lowest BCUT2D eigenvalue weighted by molar-refractivity contribution is 0.164. The molecule has 4 heterocycles. The van der Waals surface area contributed by atoms with Crippen molar-refractivity contribution in [2.45, 2.75) is 18.9 Å². The van der Waals surface area contributed by atoms with Crippen molar-refractivity contribution in [3.8, 4) is 11.8 Å². The maximum atomic E-state index is 5.94. The Morgan fingerprint density at radius 2 is 2.00 bits per heavy atom. The number of ether oxygens (including phenoxy) is 2. The maximum Gasteiger partial charge on any atom is 0.316 e. The summed E-state index contributed by atoms with van der Waals surface area (Å²) in [6.07, 6.45) is 10.3. The van der Waals surface area contributed by atoms with E-state index in [0.717, 1.165) is 42.7 Å². The first kappa shape index (κ1) is 15.5. The van der Waals surface area contributed by atoms with E-state index in [1.54, 1.807) is 38.2 Å². The van der Waals surface area contributed by atoms with Gasteiger partial charge >= 0.3 is 6.01 Å². The van der Waals surface area contributed by atoms with Gasteiger partial charge in [-0.15, -0.1) is 0 Å². The Balaban J connectivity index is 1.52. The van der Waals surface area contributed by atoms with Gasteiger partial charge in [0, 0.05) is 18.1 Å². The van der Waals surface area contributed by atoms with Gasteiger partial charge in [0.2, 0.25) is 0 Å². The monoisotopic (exact) mass is 338 g/mol. The summed E-state index contributed by atoms with van der Waals surface area (Å²) < 4.78 is 11.0. The van der Waals surface area contributed by atoms with E-state index in [1.165, 1.54) is 0 Å². The van der Waals surface area contributed by atoms with E-state index in [4.69, 9.17) is 9.47 Å². The molecule has 4 rings (SSSR count). The predicted molar refractivity (Wildman–Crippen MR) is 91.8 cm³/mol. The van der Waals surface area contributed by atoms with Crippen molar-refractivity contribution in [1.29, 1.82) is 0 Å². The number of nitrogens with zero attached hydrogens (tertiary/aromatic N) is 6. The fourth-order valence-corrected chi connectivity index (χ4v) is 2.99. The molecule has 8 heteroatoms. The molecule has 25 heavy (non-hydrogen) atoms. The number of anilines is 1. The molecule has 0 aromatic carbocycles. The topological polar surface area (TPSA) is 86.2 Å². The highest BCUT2D eigenvalue weighted by atomic mass is 16.5. The minimum absolute atomic E-state index is 0.00833. The third-order valence-corrected chi connectivity index (χ3v) is 4.21. The highest BCUT2D eigenvalue weighted by molar-refractivity contribution is 5.88. The lowest BCUT2D eigenvalue weighted by Gasteiger charge is -2.33. The molecular formula is C17H18N6O2. The summed E-state index contributed by atoms with van der Waals surface area (Å²) in [6, 6.07) is 2.31. The number of hydrogen-bond acceptors (Lipinski definition) is 8. The smallest absolute Gasteiger partial charge is 0.316 e. The summed E-state index contributed by atoms with van der Waals surface area (Å²) in [5.41, 5.74) is 0.842. The van der Waals surface area contributed by atoms with Crippen LogP contribution in [0.15, 0.2) is 37.2 Å². The average Bonchev–Trinajstić information content (AvgIpc) is 2.68. The number of methoxy groups -OCH3 is 1. The van der Waals surface area contributed by atoms with Gasteiger partial charge in [-0.2, -0.15) is 9.97 Å². The largest absolute Gasteiger partial charge is 0.494 e. The van der Waals surface area contributed by atoms with Gasteiger partial charge in [0.25, 0.3) is 0 Å². The van der Waals surface area contributed by atoms with Gasteiger partial charge in [0.1, 0.15) is 18.2 Å². The van der Waals surface area contributed by atoms with Crippen LogP contribution in [0.5, 0.6) is 11.8 Å². The molecule has 1 fully saturated rings. The Morgan fingerprint density at radius 3 is 2.84 bits per heavy atom. The molecule has 1 atom stereocenters. The van der Waals surface area contributed by atoms with E-state index >= 15 is 0 Å². The second-order valence-electron chi connectivity index (χ2n) is 5.82. The molecule has 0 N–H and O–H groups in total. The van der Waals surface area contributed by atoms with Crippen LogP contribution in [0, 0.1) is 0 Å². The first-order valence-corrected chi connectivity index (χ1v) is 8.16. The standard InChI is InChI=1S/C17H18N6O2/c1-24-13-7-19-17(20-8-13)25-12-3-2-6-23(10-12)16-14-4-5-18-9-15(14)21-11-22-16/h4-5,7-9,11-12H,2-3,6,10H2,1H3. The van der Waals surface area contributed by atoms with E-state index in [9.17, 15) is 0 Å². The molecular weight excluding hydrogens is 320 g/mol. The van der Waals surface area contributed by atoms with Gasteiger partial charge in [0.05, 0.1) is 37.8 Å². The molecule has 0 bridgehead atoms. The molecule has 3 aromatic heterocycles. The third-order valence-electron chi connectivity index (χ3n) is 4.21. The molecule has 128 valence electrons. The van der Waals surface area contributed by atoms with Crippen LogP contribution >= 0.6 is 0 Å². The summed E-state index contributed by atoms with van der Waals surface area (Å²) in [5, 5.41) is 0.999. The number of pyridine rings is 1. The number of hydrogen-bond donors (Lipinski definition) is 0. The van der Waals surface area contributed by atoms with Gasteiger partial charge in [-0.3, -0.25) is 4.98 Å². The van der Waals surface area contributed by atoms with E-state index < -0.39 is 0 Å². The van der Waals surface area contributed by atoms with Crippen molar-refractivity contribution in [2.24, 2.45) is 0 Å². The SMILES string of the molecule is COc1cnc(OC2CCCN(c3ncnc4cnccc34)C2)nc1. The minimum Gasteiger partial charge on any atom is -0.494 e. The normalized spacial score (nSPS) is 17.5. The second-order valence-corrected chi connectivity index (χ2v) is 5.82. The molecule has 0 spiro atoms. The summed E-state index contributed by atoms with van der Waals surface area (Å²) in [4.78, 5) is 23.5. The molecule has 1 aliphatic heterocycles. The van der Waals surface area contributed by atoms with E-state index in [1.807, 2.05) is 6.07 Å². The lowest BCUT2D eigenvalue weighted by Crippen LogP contribution is -2.42. The van der Waals surface area contributed by atoms with Crippen molar-refractivity contribution < 1.29 is 9.47 Å². The molecule has 3 aromatic rings. The molecule has 0 saturated carbocycles. The van der Waals surface area contributed by atoms with Crippen LogP contribution in [-0.2, 0) is 0 Å². The summed E-state index contributed by atoms with van der Waals surface area (Å²) in [7, 11) is 1.58. The van der Waals surface area contributed by atoms with Crippen LogP contribution in [0.25, 0.3) is 10.9 Å². The summed E-state index contributed by atoms with van der Waals surface area (Å²) in [5.74, 6) is 1.52. The Morgan fingerprint density at radius 1 is 1.12 bits per heavy atom. The van der Waals surface area contributed by atoms with E-state index in [-0.39, 0.29) is 6.10 Å². The number of fused-ring (bicyclic) bond motifs is 1. The van der Waals surface area contributed by atoms with Gasteiger partial charge in [-0.1, -0.05) is 0 Å². The molecule has 1 saturated heterocycles. The van der Waals surface area contributed by atoms with Gasteiger partial charge in [-0.25, -0.2) is 9.97 Å². The van der Waals surface area contributed by atoms with Crippen LogP contribution in [0.3, 0.4) is 0 Å². The molecule has 1 unspecified atom stereocenters. The molecule has 1 aliphatic rings. The molecule has 0 aliphatic carbocycles. The lowest BCUT2D eigenvalue weighted by atomic mass is 10.1. The molecule has 0 amide bonds. The Bertz CT molecular complexity index is 852. The second kappa shape index (κ2) is 6.84. The third kappa shape index (κ3) is 3.28. The Hall–Kier alpha value is -3.03. The van der Waals surface area contributed by atoms with Crippen molar-refractivity contribution in [2.75, 3.05) is 25.1 Å². The quantitative estimate of drug-likeness (QED) is 0.712. The van der Waals surface area contributed by atoms with Gasteiger partial charge in [-0.05, 0) is 18.9 Å².